The minimum Gasteiger partial charge on any atom is -0.379 e. The molecule has 0 radical (unpaired) electrons. The van der Waals surface area contributed by atoms with Crippen molar-refractivity contribution in [3.05, 3.63) is 0 Å². The van der Waals surface area contributed by atoms with E-state index in [1.165, 1.54) is 0 Å². The van der Waals surface area contributed by atoms with E-state index >= 15 is 0 Å². The Labute approximate surface area is 126 Å². The Hall–Kier alpha value is -0.400. The fraction of sp³-hybridized carbons (Fsp3) is 0.923. The third-order valence-electron chi connectivity index (χ3n) is 3.52. The number of ether oxygens (including phenoxy) is 3. The van der Waals surface area contributed by atoms with Crippen LogP contribution in [0.4, 0.5) is 0 Å². The van der Waals surface area contributed by atoms with Gasteiger partial charge in [0.1, 0.15) is 6.10 Å². The van der Waals surface area contributed by atoms with Gasteiger partial charge in [-0.05, 0) is 25.7 Å². The van der Waals surface area contributed by atoms with Gasteiger partial charge in [0.05, 0.1) is 18.8 Å². The Morgan fingerprint density at radius 2 is 2.20 bits per heavy atom. The summed E-state index contributed by atoms with van der Waals surface area (Å²) in [5.41, 5.74) is 5.51. The average molecular weight is 309 g/mol. The van der Waals surface area contributed by atoms with Gasteiger partial charge < -0.3 is 25.3 Å². The fourth-order valence-electron chi connectivity index (χ4n) is 2.36. The highest BCUT2D eigenvalue weighted by atomic mass is 35.5. The average Bonchev–Trinajstić information content (AvgIpc) is 3.09. The molecule has 3 atom stereocenters. The van der Waals surface area contributed by atoms with Gasteiger partial charge in [0.2, 0.25) is 5.91 Å². The predicted molar refractivity (Wildman–Crippen MR) is 77.0 cm³/mol. The topological polar surface area (TPSA) is 82.8 Å². The quantitative estimate of drug-likeness (QED) is 0.658. The summed E-state index contributed by atoms with van der Waals surface area (Å²) in [5, 5.41) is 2.88. The van der Waals surface area contributed by atoms with Crippen molar-refractivity contribution in [3.8, 4) is 0 Å². The van der Waals surface area contributed by atoms with Gasteiger partial charge in [-0.25, -0.2) is 0 Å². The van der Waals surface area contributed by atoms with Crippen LogP contribution in [0.3, 0.4) is 0 Å². The van der Waals surface area contributed by atoms with Crippen LogP contribution in [-0.2, 0) is 19.0 Å². The molecule has 0 bridgehead atoms. The lowest BCUT2D eigenvalue weighted by molar-refractivity contribution is -0.131. The second kappa shape index (κ2) is 9.52. The third kappa shape index (κ3) is 5.54. The zero-order valence-electron chi connectivity index (χ0n) is 11.7. The van der Waals surface area contributed by atoms with E-state index in [4.69, 9.17) is 19.9 Å². The molecule has 1 amide bonds. The number of carbonyl (C=O) groups excluding carboxylic acids is 1. The maximum atomic E-state index is 11.8. The molecule has 0 spiro atoms. The van der Waals surface area contributed by atoms with Gasteiger partial charge in [0.15, 0.2) is 0 Å². The van der Waals surface area contributed by atoms with Crippen molar-refractivity contribution in [1.29, 1.82) is 0 Å². The number of rotatable bonds is 7. The zero-order chi connectivity index (χ0) is 13.5. The Bertz CT molecular complexity index is 288. The molecule has 2 heterocycles. The molecule has 0 aromatic carbocycles. The van der Waals surface area contributed by atoms with E-state index in [-0.39, 0.29) is 36.6 Å². The van der Waals surface area contributed by atoms with E-state index in [2.05, 4.69) is 5.32 Å². The smallest absolute Gasteiger partial charge is 0.249 e. The summed E-state index contributed by atoms with van der Waals surface area (Å²) in [6, 6.07) is 0. The number of halogens is 1. The van der Waals surface area contributed by atoms with Crippen molar-refractivity contribution >= 4 is 18.3 Å². The summed E-state index contributed by atoms with van der Waals surface area (Å²) in [4.78, 5) is 11.8. The second-order valence-corrected chi connectivity index (χ2v) is 5.06. The van der Waals surface area contributed by atoms with Crippen molar-refractivity contribution in [2.75, 3.05) is 32.9 Å². The van der Waals surface area contributed by atoms with Crippen LogP contribution < -0.4 is 11.1 Å². The van der Waals surface area contributed by atoms with Crippen LogP contribution in [0, 0.1) is 0 Å². The molecule has 0 saturated carbocycles. The molecule has 6 nitrogen and oxygen atoms in total. The first-order valence-electron chi connectivity index (χ1n) is 7.12. The van der Waals surface area contributed by atoms with E-state index in [1.807, 2.05) is 0 Å². The predicted octanol–water partition coefficient (Wildman–Crippen LogP) is 0.226. The van der Waals surface area contributed by atoms with Crippen LogP contribution in [-0.4, -0.2) is 57.1 Å². The van der Waals surface area contributed by atoms with E-state index in [0.717, 1.165) is 32.3 Å². The van der Waals surface area contributed by atoms with Gasteiger partial charge >= 0.3 is 0 Å². The van der Waals surface area contributed by atoms with Gasteiger partial charge in [-0.2, -0.15) is 0 Å². The number of hydrogen-bond acceptors (Lipinski definition) is 5. The molecule has 20 heavy (non-hydrogen) atoms. The molecular weight excluding hydrogens is 284 g/mol. The molecule has 1 unspecified atom stereocenters. The molecule has 2 aliphatic rings. The molecule has 3 N–H and O–H groups in total. The summed E-state index contributed by atoms with van der Waals surface area (Å²) < 4.78 is 16.4. The Morgan fingerprint density at radius 1 is 1.35 bits per heavy atom. The van der Waals surface area contributed by atoms with E-state index in [1.54, 1.807) is 0 Å². The fourth-order valence-corrected chi connectivity index (χ4v) is 2.36. The maximum absolute atomic E-state index is 11.8. The van der Waals surface area contributed by atoms with Crippen LogP contribution in [0.5, 0.6) is 0 Å². The summed E-state index contributed by atoms with van der Waals surface area (Å²) in [6.45, 7) is 3.26. The van der Waals surface area contributed by atoms with Gasteiger partial charge in [0, 0.05) is 26.3 Å². The molecule has 0 aromatic rings. The van der Waals surface area contributed by atoms with Crippen LogP contribution in [0.25, 0.3) is 0 Å². The van der Waals surface area contributed by atoms with Gasteiger partial charge in [-0.3, -0.25) is 4.79 Å². The van der Waals surface area contributed by atoms with Crippen molar-refractivity contribution in [2.24, 2.45) is 5.73 Å². The molecule has 7 heteroatoms. The molecular formula is C13H25ClN2O4. The van der Waals surface area contributed by atoms with Crippen molar-refractivity contribution in [3.63, 3.8) is 0 Å². The Kier molecular flexibility index (Phi) is 8.40. The first-order valence-corrected chi connectivity index (χ1v) is 7.12. The molecule has 2 saturated heterocycles. The zero-order valence-corrected chi connectivity index (χ0v) is 12.5. The van der Waals surface area contributed by atoms with E-state index in [9.17, 15) is 4.79 Å². The lowest BCUT2D eigenvalue weighted by atomic mass is 10.2. The standard InChI is InChI=1S/C13H24N2O4.ClH/c14-8-10-2-3-12(19-10)13(16)15-5-1-6-18-11-4-7-17-9-11;/h10-12H,1-9,14H2,(H,15,16);1H/t10-,11?,12+;/m1./s1. The molecule has 0 aliphatic carbocycles. The second-order valence-electron chi connectivity index (χ2n) is 5.06. The molecule has 2 aliphatic heterocycles. The third-order valence-corrected chi connectivity index (χ3v) is 3.52. The van der Waals surface area contributed by atoms with E-state index in [0.29, 0.717) is 26.3 Å². The number of nitrogens with one attached hydrogen (secondary N) is 1. The normalized spacial score (nSPS) is 29.1. The van der Waals surface area contributed by atoms with Gasteiger partial charge in [-0.1, -0.05) is 0 Å². The summed E-state index contributed by atoms with van der Waals surface area (Å²) in [5.74, 6) is -0.0276. The lowest BCUT2D eigenvalue weighted by Gasteiger charge is -2.13. The lowest BCUT2D eigenvalue weighted by Crippen LogP contribution is -2.36. The van der Waals surface area contributed by atoms with Gasteiger partial charge in [-0.15, -0.1) is 12.4 Å². The number of nitrogens with two attached hydrogens (primary N) is 1. The number of hydrogen-bond donors (Lipinski definition) is 2. The first-order chi connectivity index (χ1) is 9.29. The summed E-state index contributed by atoms with van der Waals surface area (Å²) in [7, 11) is 0. The highest BCUT2D eigenvalue weighted by Crippen LogP contribution is 2.18. The minimum absolute atomic E-state index is 0. The van der Waals surface area contributed by atoms with Crippen LogP contribution in [0.1, 0.15) is 25.7 Å². The molecule has 118 valence electrons. The largest absolute Gasteiger partial charge is 0.379 e. The van der Waals surface area contributed by atoms with Crippen molar-refractivity contribution < 1.29 is 19.0 Å². The number of carbonyl (C=O) groups is 1. The van der Waals surface area contributed by atoms with Gasteiger partial charge in [0.25, 0.3) is 0 Å². The van der Waals surface area contributed by atoms with Crippen molar-refractivity contribution in [1.82, 2.24) is 5.32 Å². The summed E-state index contributed by atoms with van der Waals surface area (Å²) in [6.07, 6.45) is 3.39. The summed E-state index contributed by atoms with van der Waals surface area (Å²) >= 11 is 0. The van der Waals surface area contributed by atoms with Crippen LogP contribution in [0.15, 0.2) is 0 Å². The molecule has 2 rings (SSSR count). The number of amides is 1. The Morgan fingerprint density at radius 3 is 2.85 bits per heavy atom. The van der Waals surface area contributed by atoms with Crippen LogP contribution >= 0.6 is 12.4 Å². The maximum Gasteiger partial charge on any atom is 0.249 e. The Balaban J connectivity index is 0.00000200. The minimum atomic E-state index is -0.322. The van der Waals surface area contributed by atoms with Crippen LogP contribution in [0.2, 0.25) is 0 Å². The first kappa shape index (κ1) is 17.7. The highest BCUT2D eigenvalue weighted by molar-refractivity contribution is 5.85. The SMILES string of the molecule is Cl.NC[C@H]1CC[C@@H](C(=O)NCCCOC2CCOC2)O1. The molecule has 2 fully saturated rings. The van der Waals surface area contributed by atoms with Crippen molar-refractivity contribution in [2.45, 2.75) is 44.0 Å². The molecule has 0 aromatic heterocycles. The van der Waals surface area contributed by atoms with E-state index < -0.39 is 0 Å². The highest BCUT2D eigenvalue weighted by Gasteiger charge is 2.29. The monoisotopic (exact) mass is 308 g/mol.